The summed E-state index contributed by atoms with van der Waals surface area (Å²) in [5.41, 5.74) is 14.0. The molecule has 272 valence electrons. The summed E-state index contributed by atoms with van der Waals surface area (Å²) in [5, 5.41) is 7.53. The molecule has 0 radical (unpaired) electrons. The number of rotatable bonds is 7. The van der Waals surface area contributed by atoms with Crippen molar-refractivity contribution in [3.8, 4) is 39.1 Å². The van der Waals surface area contributed by atoms with E-state index in [1.807, 2.05) is 0 Å². The van der Waals surface area contributed by atoms with Crippen molar-refractivity contribution < 1.29 is 0 Å². The molecule has 10 aromatic carbocycles. The Morgan fingerprint density at radius 1 is 0.310 bits per heavy atom. The Balaban J connectivity index is 1.14. The Labute approximate surface area is 338 Å². The topological polar surface area (TPSA) is 8.17 Å². The van der Waals surface area contributed by atoms with E-state index in [4.69, 9.17) is 0 Å². The Morgan fingerprint density at radius 2 is 0.845 bits per heavy atom. The molecule has 0 atom stereocenters. The third kappa shape index (κ3) is 5.57. The van der Waals surface area contributed by atoms with Crippen LogP contribution in [0.25, 0.3) is 82.4 Å². The summed E-state index contributed by atoms with van der Waals surface area (Å²) in [6, 6.07) is 83.7. The van der Waals surface area contributed by atoms with Crippen LogP contribution in [0.4, 0.5) is 17.1 Å². The van der Waals surface area contributed by atoms with Gasteiger partial charge in [0.05, 0.1) is 22.4 Å². The van der Waals surface area contributed by atoms with Gasteiger partial charge in [0.1, 0.15) is 0 Å². The van der Waals surface area contributed by atoms with Gasteiger partial charge in [0.25, 0.3) is 0 Å². The van der Waals surface area contributed by atoms with Crippen molar-refractivity contribution in [3.63, 3.8) is 0 Å². The molecular weight excluding hydrogens is 701 g/mol. The fraction of sp³-hybridized carbons (Fsp3) is 0. The van der Waals surface area contributed by atoms with Gasteiger partial charge in [-0.1, -0.05) is 176 Å². The van der Waals surface area contributed by atoms with Gasteiger partial charge in [0.15, 0.2) is 0 Å². The first-order valence-corrected chi connectivity index (χ1v) is 19.9. The van der Waals surface area contributed by atoms with Gasteiger partial charge in [0, 0.05) is 33.3 Å². The van der Waals surface area contributed by atoms with Crippen molar-refractivity contribution in [2.75, 3.05) is 4.90 Å². The summed E-state index contributed by atoms with van der Waals surface area (Å²) >= 11 is 0. The van der Waals surface area contributed by atoms with Gasteiger partial charge in [-0.05, 0) is 98.4 Å². The van der Waals surface area contributed by atoms with Gasteiger partial charge in [0.2, 0.25) is 0 Å². The van der Waals surface area contributed by atoms with Crippen LogP contribution in [-0.4, -0.2) is 4.57 Å². The fourth-order valence-electron chi connectivity index (χ4n) is 9.02. The molecule has 1 aromatic heterocycles. The van der Waals surface area contributed by atoms with E-state index in [-0.39, 0.29) is 0 Å². The molecule has 58 heavy (non-hydrogen) atoms. The van der Waals surface area contributed by atoms with Crippen molar-refractivity contribution in [2.24, 2.45) is 0 Å². The van der Waals surface area contributed by atoms with Crippen LogP contribution < -0.4 is 4.90 Å². The van der Waals surface area contributed by atoms with Crippen molar-refractivity contribution in [3.05, 3.63) is 231 Å². The second kappa shape index (κ2) is 14.1. The molecule has 0 saturated carbocycles. The summed E-state index contributed by atoms with van der Waals surface area (Å²) < 4.78 is 2.40. The molecule has 0 bridgehead atoms. The number of hydrogen-bond acceptors (Lipinski definition) is 1. The predicted molar refractivity (Wildman–Crippen MR) is 247 cm³/mol. The van der Waals surface area contributed by atoms with Crippen LogP contribution in [0.1, 0.15) is 0 Å². The van der Waals surface area contributed by atoms with Gasteiger partial charge < -0.3 is 9.47 Å². The predicted octanol–water partition coefficient (Wildman–Crippen LogP) is 15.6. The van der Waals surface area contributed by atoms with Crippen LogP contribution in [0.2, 0.25) is 0 Å². The molecule has 2 nitrogen and oxygen atoms in total. The molecule has 2 heteroatoms. The van der Waals surface area contributed by atoms with Gasteiger partial charge in [-0.3, -0.25) is 0 Å². The highest BCUT2D eigenvalue weighted by molar-refractivity contribution is 6.17. The second-order valence-electron chi connectivity index (χ2n) is 14.9. The number of anilines is 3. The number of aromatic nitrogens is 1. The third-order valence-corrected chi connectivity index (χ3v) is 11.6. The minimum absolute atomic E-state index is 1.09. The molecule has 0 unspecified atom stereocenters. The van der Waals surface area contributed by atoms with Crippen LogP contribution in [0, 0.1) is 0 Å². The number of hydrogen-bond donors (Lipinski definition) is 0. The van der Waals surface area contributed by atoms with E-state index >= 15 is 0 Å². The molecular formula is C56H38N2. The Bertz CT molecular complexity index is 3270. The SMILES string of the molecule is c1ccc(-c2ccccc2N(c2ccc(-c3cc4ccccc4c4ccccc34)cc2)c2ccccc2-c2cccc3c2c2ccccc2n3-c2ccccc2)cc1. The van der Waals surface area contributed by atoms with Crippen LogP contribution in [0.15, 0.2) is 231 Å². The van der Waals surface area contributed by atoms with Crippen LogP contribution in [0.5, 0.6) is 0 Å². The quantitative estimate of drug-likeness (QED) is 0.148. The van der Waals surface area contributed by atoms with E-state index in [0.717, 1.165) is 28.3 Å². The largest absolute Gasteiger partial charge is 0.309 e. The molecule has 0 N–H and O–H groups in total. The maximum absolute atomic E-state index is 2.45. The maximum Gasteiger partial charge on any atom is 0.0547 e. The number of benzene rings is 10. The first kappa shape index (κ1) is 33.6. The molecule has 0 fully saturated rings. The van der Waals surface area contributed by atoms with E-state index in [9.17, 15) is 0 Å². The fourth-order valence-corrected chi connectivity index (χ4v) is 9.02. The molecule has 0 spiro atoms. The standard InChI is InChI=1S/C56H38N2/c1-3-18-39(19-4-1)45-24-11-14-30-52(45)57(43-36-34-40(35-37-43)51-38-41-20-7-8-23-44(41)46-25-9-10-26-47(46)51)53-31-15-12-27-48(53)49-29-17-33-55-56(49)50-28-13-16-32-54(50)58(55)42-21-5-2-6-22-42/h1-38H. The third-order valence-electron chi connectivity index (χ3n) is 11.6. The van der Waals surface area contributed by atoms with Gasteiger partial charge in [-0.15, -0.1) is 0 Å². The van der Waals surface area contributed by atoms with E-state index in [0.29, 0.717) is 0 Å². The minimum atomic E-state index is 1.09. The maximum atomic E-state index is 2.45. The first-order valence-electron chi connectivity index (χ1n) is 19.9. The summed E-state index contributed by atoms with van der Waals surface area (Å²) in [4.78, 5) is 2.45. The summed E-state index contributed by atoms with van der Waals surface area (Å²) in [6.45, 7) is 0. The molecule has 11 aromatic rings. The summed E-state index contributed by atoms with van der Waals surface area (Å²) in [6.07, 6.45) is 0. The average Bonchev–Trinajstić information content (AvgIpc) is 3.65. The highest BCUT2D eigenvalue weighted by Gasteiger charge is 2.23. The lowest BCUT2D eigenvalue weighted by Crippen LogP contribution is -2.12. The highest BCUT2D eigenvalue weighted by atomic mass is 15.1. The Hall–Kier alpha value is -7.68. The van der Waals surface area contributed by atoms with E-state index < -0.39 is 0 Å². The molecule has 0 saturated heterocycles. The average molecular weight is 739 g/mol. The summed E-state index contributed by atoms with van der Waals surface area (Å²) in [7, 11) is 0. The molecule has 0 amide bonds. The first-order chi connectivity index (χ1) is 28.8. The smallest absolute Gasteiger partial charge is 0.0547 e. The lowest BCUT2D eigenvalue weighted by Gasteiger charge is -2.30. The number of para-hydroxylation sites is 4. The Morgan fingerprint density at radius 3 is 1.62 bits per heavy atom. The van der Waals surface area contributed by atoms with Crippen LogP contribution in [0.3, 0.4) is 0 Å². The van der Waals surface area contributed by atoms with Crippen molar-refractivity contribution in [1.29, 1.82) is 0 Å². The lowest BCUT2D eigenvalue weighted by molar-refractivity contribution is 1.18. The molecule has 11 rings (SSSR count). The van der Waals surface area contributed by atoms with Crippen molar-refractivity contribution in [1.82, 2.24) is 4.57 Å². The van der Waals surface area contributed by atoms with Gasteiger partial charge in [-0.25, -0.2) is 0 Å². The number of fused-ring (bicyclic) bond motifs is 6. The second-order valence-corrected chi connectivity index (χ2v) is 14.9. The molecule has 1 heterocycles. The highest BCUT2D eigenvalue weighted by Crippen LogP contribution is 2.48. The van der Waals surface area contributed by atoms with Gasteiger partial charge in [-0.2, -0.15) is 0 Å². The van der Waals surface area contributed by atoms with E-state index in [1.165, 1.54) is 71.2 Å². The van der Waals surface area contributed by atoms with E-state index in [2.05, 4.69) is 240 Å². The zero-order chi connectivity index (χ0) is 38.4. The Kier molecular flexibility index (Phi) is 8.19. The molecule has 0 aliphatic carbocycles. The van der Waals surface area contributed by atoms with Crippen molar-refractivity contribution >= 4 is 60.4 Å². The zero-order valence-corrected chi connectivity index (χ0v) is 31.8. The monoisotopic (exact) mass is 738 g/mol. The molecule has 0 aliphatic heterocycles. The normalized spacial score (nSPS) is 11.4. The van der Waals surface area contributed by atoms with Crippen LogP contribution >= 0.6 is 0 Å². The molecule has 0 aliphatic rings. The van der Waals surface area contributed by atoms with E-state index in [1.54, 1.807) is 0 Å². The summed E-state index contributed by atoms with van der Waals surface area (Å²) in [5.74, 6) is 0. The number of nitrogens with zero attached hydrogens (tertiary/aromatic N) is 2. The van der Waals surface area contributed by atoms with Crippen LogP contribution in [-0.2, 0) is 0 Å². The lowest BCUT2D eigenvalue weighted by atomic mass is 9.93. The van der Waals surface area contributed by atoms with Gasteiger partial charge >= 0.3 is 0 Å². The zero-order valence-electron chi connectivity index (χ0n) is 31.8. The van der Waals surface area contributed by atoms with Crippen molar-refractivity contribution in [2.45, 2.75) is 0 Å². The minimum Gasteiger partial charge on any atom is -0.309 e.